The van der Waals surface area contributed by atoms with Gasteiger partial charge in [-0.3, -0.25) is 0 Å². The van der Waals surface area contributed by atoms with Gasteiger partial charge in [0.15, 0.2) is 0 Å². The van der Waals surface area contributed by atoms with E-state index in [0.717, 1.165) is 31.9 Å². The second-order valence-corrected chi connectivity index (χ2v) is 1.98. The minimum atomic E-state index is 0. The van der Waals surface area contributed by atoms with E-state index in [2.05, 4.69) is 11.9 Å². The highest BCUT2D eigenvalue weighted by molar-refractivity contribution is 5.85. The molecule has 0 amide bonds. The van der Waals surface area contributed by atoms with Crippen LogP contribution in [0.15, 0.2) is 12.2 Å². The second kappa shape index (κ2) is 4.79. The molecule has 0 radical (unpaired) electrons. The summed E-state index contributed by atoms with van der Waals surface area (Å²) in [5.74, 6) is 0. The van der Waals surface area contributed by atoms with Gasteiger partial charge < -0.3 is 10.1 Å². The van der Waals surface area contributed by atoms with Gasteiger partial charge in [-0.2, -0.15) is 0 Å². The normalized spacial score (nSPS) is 20.2. The zero-order valence-electron chi connectivity index (χ0n) is 5.35. The van der Waals surface area contributed by atoms with E-state index in [1.165, 1.54) is 0 Å². The van der Waals surface area contributed by atoms with E-state index in [9.17, 15) is 0 Å². The summed E-state index contributed by atoms with van der Waals surface area (Å²) in [4.78, 5) is 0. The highest BCUT2D eigenvalue weighted by Gasteiger charge is 1.98. The lowest BCUT2D eigenvalue weighted by Crippen LogP contribution is -2.16. The second-order valence-electron chi connectivity index (χ2n) is 1.98. The summed E-state index contributed by atoms with van der Waals surface area (Å²) in [7, 11) is 0. The van der Waals surface area contributed by atoms with Crippen LogP contribution in [0.1, 0.15) is 0 Å². The van der Waals surface area contributed by atoms with Crippen LogP contribution in [0.25, 0.3) is 0 Å². The molecule has 0 bridgehead atoms. The van der Waals surface area contributed by atoms with Crippen LogP contribution in [0, 0.1) is 0 Å². The van der Waals surface area contributed by atoms with E-state index in [1.807, 2.05) is 0 Å². The van der Waals surface area contributed by atoms with Gasteiger partial charge in [0.1, 0.15) is 0 Å². The third-order valence-electron chi connectivity index (χ3n) is 1.10. The number of rotatable bonds is 0. The van der Waals surface area contributed by atoms with Crippen LogP contribution in [0.5, 0.6) is 0 Å². The molecule has 1 aliphatic rings. The number of hydrogen-bond acceptors (Lipinski definition) is 2. The molecule has 0 aliphatic carbocycles. The summed E-state index contributed by atoms with van der Waals surface area (Å²) in [5, 5.41) is 3.17. The van der Waals surface area contributed by atoms with Crippen LogP contribution in [0.4, 0.5) is 0 Å². The predicted molar refractivity (Wildman–Crippen MR) is 40.1 cm³/mol. The number of ether oxygens (including phenoxy) is 1. The van der Waals surface area contributed by atoms with Crippen molar-refractivity contribution in [3.05, 3.63) is 12.2 Å². The molecule has 2 nitrogen and oxygen atoms in total. The number of hydrogen-bond donors (Lipinski definition) is 1. The highest BCUT2D eigenvalue weighted by Crippen LogP contribution is 1.91. The Kier molecular flexibility index (Phi) is 4.77. The van der Waals surface area contributed by atoms with Crippen LogP contribution in [0.2, 0.25) is 0 Å². The summed E-state index contributed by atoms with van der Waals surface area (Å²) >= 11 is 0. The summed E-state index contributed by atoms with van der Waals surface area (Å²) in [6, 6.07) is 0. The van der Waals surface area contributed by atoms with Gasteiger partial charge in [0.05, 0.1) is 13.2 Å². The SMILES string of the molecule is C=C1CNCCOC1.Cl. The summed E-state index contributed by atoms with van der Waals surface area (Å²) in [5.41, 5.74) is 1.14. The lowest BCUT2D eigenvalue weighted by atomic mass is 10.3. The van der Waals surface area contributed by atoms with E-state index in [1.54, 1.807) is 0 Å². The molecule has 1 rings (SSSR count). The summed E-state index contributed by atoms with van der Waals surface area (Å²) in [6.07, 6.45) is 0. The molecule has 0 aromatic heterocycles. The van der Waals surface area contributed by atoms with Gasteiger partial charge in [-0.25, -0.2) is 0 Å². The third-order valence-corrected chi connectivity index (χ3v) is 1.10. The van der Waals surface area contributed by atoms with Crippen molar-refractivity contribution >= 4 is 12.4 Å². The largest absolute Gasteiger partial charge is 0.376 e. The fourth-order valence-corrected chi connectivity index (χ4v) is 0.677. The Hall–Kier alpha value is -0.0500. The molecule has 9 heavy (non-hydrogen) atoms. The maximum atomic E-state index is 5.14. The molecule has 1 saturated heterocycles. The van der Waals surface area contributed by atoms with E-state index >= 15 is 0 Å². The van der Waals surface area contributed by atoms with Crippen molar-refractivity contribution in [3.63, 3.8) is 0 Å². The van der Waals surface area contributed by atoms with Crippen molar-refractivity contribution in [1.82, 2.24) is 5.32 Å². The molecule has 0 unspecified atom stereocenters. The minimum absolute atomic E-state index is 0. The fraction of sp³-hybridized carbons (Fsp3) is 0.667. The average Bonchev–Trinajstić information content (AvgIpc) is 1.94. The van der Waals surface area contributed by atoms with E-state index in [4.69, 9.17) is 4.74 Å². The molecular weight excluding hydrogens is 138 g/mol. The first-order valence-corrected chi connectivity index (χ1v) is 2.85. The van der Waals surface area contributed by atoms with Crippen molar-refractivity contribution < 1.29 is 4.74 Å². The molecule has 0 saturated carbocycles. The Bertz CT molecular complexity index is 85.1. The Morgan fingerprint density at radius 1 is 1.56 bits per heavy atom. The van der Waals surface area contributed by atoms with Crippen molar-refractivity contribution in [2.75, 3.05) is 26.3 Å². The van der Waals surface area contributed by atoms with Crippen LogP contribution in [-0.4, -0.2) is 26.3 Å². The van der Waals surface area contributed by atoms with Gasteiger partial charge in [0, 0.05) is 13.1 Å². The highest BCUT2D eigenvalue weighted by atomic mass is 35.5. The lowest BCUT2D eigenvalue weighted by molar-refractivity contribution is 0.170. The molecule has 1 heterocycles. The van der Waals surface area contributed by atoms with E-state index < -0.39 is 0 Å². The molecule has 1 N–H and O–H groups in total. The van der Waals surface area contributed by atoms with Crippen LogP contribution >= 0.6 is 12.4 Å². The maximum absolute atomic E-state index is 5.14. The van der Waals surface area contributed by atoms with Crippen LogP contribution in [-0.2, 0) is 4.74 Å². The quantitative estimate of drug-likeness (QED) is 0.509. The predicted octanol–water partition coefficient (Wildman–Crippen LogP) is 0.584. The molecule has 0 atom stereocenters. The van der Waals surface area contributed by atoms with Crippen molar-refractivity contribution in [2.24, 2.45) is 0 Å². The summed E-state index contributed by atoms with van der Waals surface area (Å²) < 4.78 is 5.14. The van der Waals surface area contributed by atoms with Gasteiger partial charge >= 0.3 is 0 Å². The smallest absolute Gasteiger partial charge is 0.0687 e. The molecule has 54 valence electrons. The zero-order chi connectivity index (χ0) is 5.82. The monoisotopic (exact) mass is 149 g/mol. The molecule has 0 aromatic rings. The average molecular weight is 150 g/mol. The maximum Gasteiger partial charge on any atom is 0.0687 e. The molecule has 1 aliphatic heterocycles. The number of halogens is 1. The molecule has 1 fully saturated rings. The standard InChI is InChI=1S/C6H11NO.ClH/c1-6-4-7-2-3-8-5-6;/h7H,1-5H2;1H. The lowest BCUT2D eigenvalue weighted by Gasteiger charge is -1.95. The van der Waals surface area contributed by atoms with Gasteiger partial charge in [0.2, 0.25) is 0 Å². The fourth-order valence-electron chi connectivity index (χ4n) is 0.677. The Balaban J connectivity index is 0.000000640. The third kappa shape index (κ3) is 3.51. The Morgan fingerprint density at radius 2 is 2.33 bits per heavy atom. The van der Waals surface area contributed by atoms with Crippen molar-refractivity contribution in [3.8, 4) is 0 Å². The summed E-state index contributed by atoms with van der Waals surface area (Å²) in [6.45, 7) is 7.21. The molecule has 0 spiro atoms. The molecule has 0 aromatic carbocycles. The van der Waals surface area contributed by atoms with Crippen molar-refractivity contribution in [2.45, 2.75) is 0 Å². The minimum Gasteiger partial charge on any atom is -0.376 e. The van der Waals surface area contributed by atoms with Gasteiger partial charge in [-0.05, 0) is 5.57 Å². The van der Waals surface area contributed by atoms with Gasteiger partial charge in [-0.1, -0.05) is 6.58 Å². The van der Waals surface area contributed by atoms with Crippen LogP contribution < -0.4 is 5.32 Å². The Morgan fingerprint density at radius 3 is 3.11 bits per heavy atom. The first-order chi connectivity index (χ1) is 3.89. The van der Waals surface area contributed by atoms with Gasteiger partial charge in [0.25, 0.3) is 0 Å². The van der Waals surface area contributed by atoms with E-state index in [0.29, 0.717) is 0 Å². The van der Waals surface area contributed by atoms with E-state index in [-0.39, 0.29) is 12.4 Å². The van der Waals surface area contributed by atoms with Gasteiger partial charge in [-0.15, -0.1) is 12.4 Å². The molecular formula is C6H12ClNO. The molecule has 3 heteroatoms. The first-order valence-electron chi connectivity index (χ1n) is 2.85. The van der Waals surface area contributed by atoms with Crippen molar-refractivity contribution in [1.29, 1.82) is 0 Å². The zero-order valence-corrected chi connectivity index (χ0v) is 6.17. The number of nitrogens with one attached hydrogen (secondary N) is 1. The van der Waals surface area contributed by atoms with Crippen LogP contribution in [0.3, 0.4) is 0 Å². The first kappa shape index (κ1) is 8.95. The topological polar surface area (TPSA) is 21.3 Å². The Labute approximate surface area is 61.7 Å².